The van der Waals surface area contributed by atoms with Crippen molar-refractivity contribution in [2.24, 2.45) is 0 Å². The smallest absolute Gasteiger partial charge is 0.314 e. The molecule has 0 saturated carbocycles. The zero-order chi connectivity index (χ0) is 23.2. The van der Waals surface area contributed by atoms with Crippen LogP contribution in [0.25, 0.3) is 10.9 Å². The van der Waals surface area contributed by atoms with Crippen LogP contribution < -0.4 is 10.2 Å². The highest BCUT2D eigenvalue weighted by Crippen LogP contribution is 2.32. The summed E-state index contributed by atoms with van der Waals surface area (Å²) in [5.41, 5.74) is 3.56. The maximum atomic E-state index is 13.4. The fraction of sp³-hybridized carbons (Fsp3) is 0.273. The van der Waals surface area contributed by atoms with E-state index >= 15 is 0 Å². The molecule has 1 atom stereocenters. The molecular weight excluding hydrogens is 468 g/mol. The topological polar surface area (TPSA) is 112 Å². The van der Waals surface area contributed by atoms with Gasteiger partial charge in [0.2, 0.25) is 5.91 Å². The van der Waals surface area contributed by atoms with Gasteiger partial charge in [-0.05, 0) is 65.3 Å². The first-order chi connectivity index (χ1) is 15.9. The van der Waals surface area contributed by atoms with Crippen molar-refractivity contribution < 1.29 is 22.8 Å². The molecule has 0 bridgehead atoms. The Morgan fingerprint density at radius 1 is 1.18 bits per heavy atom. The standard InChI is InChI=1S/C22H21ClN4O5S/c23-19-12-25-20-10-17(3-4-18(19)20)33(30,31)27(32-13-28)21-6-8-26(22(21)29)16-2-1-15-11-24-7-5-14(15)9-16/h1-4,9-10,12-13,21,24-25H,5-8,11H2/t21-/m0/s1. The number of rotatable bonds is 6. The molecule has 1 aromatic heterocycles. The van der Waals surface area contributed by atoms with Gasteiger partial charge in [-0.3, -0.25) is 9.59 Å². The Balaban J connectivity index is 1.45. The maximum Gasteiger partial charge on any atom is 0.314 e. The van der Waals surface area contributed by atoms with Gasteiger partial charge >= 0.3 is 6.47 Å². The number of aromatic amines is 1. The van der Waals surface area contributed by atoms with Crippen molar-refractivity contribution in [1.82, 2.24) is 14.8 Å². The van der Waals surface area contributed by atoms with Gasteiger partial charge in [0.1, 0.15) is 6.04 Å². The van der Waals surface area contributed by atoms with Crippen molar-refractivity contribution in [2.75, 3.05) is 18.0 Å². The summed E-state index contributed by atoms with van der Waals surface area (Å²) in [5.74, 6) is -0.446. The number of halogens is 1. The third-order valence-electron chi connectivity index (χ3n) is 6.10. The summed E-state index contributed by atoms with van der Waals surface area (Å²) < 4.78 is 27.2. The SMILES string of the molecule is O=CON([C@H]1CCN(c2ccc3c(c2)CCNC3)C1=O)S(=O)(=O)c1ccc2c(Cl)c[nH]c2c1. The average Bonchev–Trinajstić information content (AvgIpc) is 3.39. The summed E-state index contributed by atoms with van der Waals surface area (Å²) in [5, 5.41) is 4.42. The second-order valence-electron chi connectivity index (χ2n) is 7.98. The van der Waals surface area contributed by atoms with Gasteiger partial charge in [0.25, 0.3) is 10.0 Å². The number of hydrogen-bond acceptors (Lipinski definition) is 6. The predicted octanol–water partition coefficient (Wildman–Crippen LogP) is 2.35. The van der Waals surface area contributed by atoms with Gasteiger partial charge in [-0.15, -0.1) is 0 Å². The third-order valence-corrected chi connectivity index (χ3v) is 8.08. The molecule has 2 aliphatic rings. The molecule has 11 heteroatoms. The second-order valence-corrected chi connectivity index (χ2v) is 10.2. The minimum absolute atomic E-state index is 0.0173. The summed E-state index contributed by atoms with van der Waals surface area (Å²) in [6.07, 6.45) is 2.59. The number of nitrogens with zero attached hydrogens (tertiary/aromatic N) is 2. The van der Waals surface area contributed by atoms with E-state index < -0.39 is 22.0 Å². The third kappa shape index (κ3) is 3.78. The van der Waals surface area contributed by atoms with Crippen LogP contribution in [0.5, 0.6) is 0 Å². The first-order valence-electron chi connectivity index (χ1n) is 10.5. The Kier molecular flexibility index (Phi) is 5.61. The molecule has 0 radical (unpaired) electrons. The number of amides is 1. The molecular formula is C22H21ClN4O5S. The fourth-order valence-corrected chi connectivity index (χ4v) is 6.04. The van der Waals surface area contributed by atoms with E-state index in [-0.39, 0.29) is 17.8 Å². The quantitative estimate of drug-likeness (QED) is 0.407. The molecule has 0 aliphatic carbocycles. The van der Waals surface area contributed by atoms with Gasteiger partial charge < -0.3 is 20.0 Å². The van der Waals surface area contributed by atoms with Gasteiger partial charge in [-0.1, -0.05) is 17.7 Å². The van der Waals surface area contributed by atoms with E-state index in [2.05, 4.69) is 10.3 Å². The van der Waals surface area contributed by atoms with Crippen LogP contribution in [-0.4, -0.2) is 49.4 Å². The Morgan fingerprint density at radius 3 is 2.85 bits per heavy atom. The second kappa shape index (κ2) is 8.45. The summed E-state index contributed by atoms with van der Waals surface area (Å²) in [7, 11) is -4.32. The van der Waals surface area contributed by atoms with Gasteiger partial charge in [0, 0.05) is 35.9 Å². The largest absolute Gasteiger partial charge is 0.360 e. The van der Waals surface area contributed by atoms with Crippen LogP contribution in [0.2, 0.25) is 5.02 Å². The number of aromatic nitrogens is 1. The van der Waals surface area contributed by atoms with Gasteiger partial charge in [0.05, 0.1) is 9.92 Å². The number of carbonyl (C=O) groups is 2. The predicted molar refractivity (Wildman–Crippen MR) is 122 cm³/mol. The van der Waals surface area contributed by atoms with Crippen LogP contribution in [0.3, 0.4) is 0 Å². The van der Waals surface area contributed by atoms with E-state index in [1.165, 1.54) is 22.6 Å². The number of carbonyl (C=O) groups excluding carboxylic acids is 2. The summed E-state index contributed by atoms with van der Waals surface area (Å²) in [4.78, 5) is 33.7. The number of hydrogen-bond donors (Lipinski definition) is 2. The van der Waals surface area contributed by atoms with Crippen molar-refractivity contribution in [1.29, 1.82) is 0 Å². The normalized spacial score (nSPS) is 18.7. The first-order valence-corrected chi connectivity index (χ1v) is 12.3. The van der Waals surface area contributed by atoms with Crippen molar-refractivity contribution in [3.05, 3.63) is 58.7 Å². The zero-order valence-corrected chi connectivity index (χ0v) is 19.0. The lowest BCUT2D eigenvalue weighted by atomic mass is 10.0. The van der Waals surface area contributed by atoms with Crippen molar-refractivity contribution in [3.8, 4) is 0 Å². The Hall–Kier alpha value is -2.92. The minimum atomic E-state index is -4.32. The van der Waals surface area contributed by atoms with Crippen molar-refractivity contribution >= 4 is 50.6 Å². The number of nitrogens with one attached hydrogen (secondary N) is 2. The van der Waals surface area contributed by atoms with E-state index in [9.17, 15) is 18.0 Å². The van der Waals surface area contributed by atoms with Gasteiger partial charge in [-0.2, -0.15) is 0 Å². The van der Waals surface area contributed by atoms with Crippen LogP contribution >= 0.6 is 11.6 Å². The highest BCUT2D eigenvalue weighted by atomic mass is 35.5. The van der Waals surface area contributed by atoms with E-state index in [1.54, 1.807) is 12.3 Å². The van der Waals surface area contributed by atoms with E-state index in [4.69, 9.17) is 16.4 Å². The van der Waals surface area contributed by atoms with E-state index in [1.807, 2.05) is 18.2 Å². The van der Waals surface area contributed by atoms with Crippen molar-refractivity contribution in [3.63, 3.8) is 0 Å². The Labute approximate surface area is 195 Å². The molecule has 1 fully saturated rings. The first kappa shape index (κ1) is 21.9. The average molecular weight is 489 g/mol. The molecule has 0 unspecified atom stereocenters. The molecule has 2 aromatic carbocycles. The molecule has 0 spiro atoms. The van der Waals surface area contributed by atoms with E-state index in [0.29, 0.717) is 32.6 Å². The summed E-state index contributed by atoms with van der Waals surface area (Å²) in [6, 6.07) is 8.96. The molecule has 1 amide bonds. The zero-order valence-electron chi connectivity index (χ0n) is 17.5. The van der Waals surface area contributed by atoms with Gasteiger partial charge in [-0.25, -0.2) is 8.42 Å². The number of hydroxylamine groups is 1. The number of fused-ring (bicyclic) bond motifs is 2. The lowest BCUT2D eigenvalue weighted by Gasteiger charge is -2.25. The van der Waals surface area contributed by atoms with Crippen LogP contribution in [0.1, 0.15) is 17.5 Å². The summed E-state index contributed by atoms with van der Waals surface area (Å²) in [6.45, 7) is 1.97. The molecule has 3 aromatic rings. The molecule has 2 aliphatic heterocycles. The lowest BCUT2D eigenvalue weighted by molar-refractivity contribution is -0.160. The number of benzene rings is 2. The molecule has 5 rings (SSSR count). The van der Waals surface area contributed by atoms with Gasteiger partial charge in [0.15, 0.2) is 0 Å². The Morgan fingerprint density at radius 2 is 2.03 bits per heavy atom. The van der Waals surface area contributed by atoms with Crippen LogP contribution in [-0.2, 0) is 37.4 Å². The molecule has 33 heavy (non-hydrogen) atoms. The molecule has 3 heterocycles. The summed E-state index contributed by atoms with van der Waals surface area (Å²) >= 11 is 6.08. The molecule has 1 saturated heterocycles. The molecule has 172 valence electrons. The van der Waals surface area contributed by atoms with Crippen molar-refractivity contribution in [2.45, 2.75) is 30.3 Å². The van der Waals surface area contributed by atoms with Crippen LogP contribution in [0, 0.1) is 0 Å². The molecule has 9 nitrogen and oxygen atoms in total. The highest BCUT2D eigenvalue weighted by Gasteiger charge is 2.44. The van der Waals surface area contributed by atoms with E-state index in [0.717, 1.165) is 25.1 Å². The number of sulfonamides is 1. The number of anilines is 1. The van der Waals surface area contributed by atoms with Crippen LogP contribution in [0.4, 0.5) is 5.69 Å². The molecule has 2 N–H and O–H groups in total. The van der Waals surface area contributed by atoms with Crippen LogP contribution in [0.15, 0.2) is 47.5 Å². The minimum Gasteiger partial charge on any atom is -0.360 e. The highest BCUT2D eigenvalue weighted by molar-refractivity contribution is 7.89. The Bertz CT molecular complexity index is 1360. The maximum absolute atomic E-state index is 13.4. The monoisotopic (exact) mass is 488 g/mol. The lowest BCUT2D eigenvalue weighted by Crippen LogP contribution is -2.45. The number of H-pyrrole nitrogens is 1. The fourth-order valence-electron chi connectivity index (χ4n) is 4.42.